The molecule has 0 radical (unpaired) electrons. The van der Waals surface area contributed by atoms with Crippen molar-refractivity contribution in [1.82, 2.24) is 9.21 Å². The minimum atomic E-state index is -3.76. The number of amides is 1. The van der Waals surface area contributed by atoms with Crippen LogP contribution in [0.25, 0.3) is 0 Å². The average Bonchev–Trinajstić information content (AvgIpc) is 3.21. The number of piperazine rings is 1. The number of carbonyl (C=O) groups is 1. The predicted octanol–water partition coefficient (Wildman–Crippen LogP) is 1.31. The van der Waals surface area contributed by atoms with Gasteiger partial charge in [0, 0.05) is 26.2 Å². The summed E-state index contributed by atoms with van der Waals surface area (Å²) in [6, 6.07) is 9.31. The van der Waals surface area contributed by atoms with Crippen LogP contribution >= 0.6 is 0 Å². The number of rotatable bonds is 4. The molecular weight excluding hydrogens is 358 g/mol. The molecule has 26 heavy (non-hydrogen) atoms. The summed E-state index contributed by atoms with van der Waals surface area (Å²) < 4.78 is 37.1. The zero-order valence-corrected chi connectivity index (χ0v) is 14.9. The molecule has 1 fully saturated rings. The molecule has 1 aliphatic rings. The summed E-state index contributed by atoms with van der Waals surface area (Å²) in [7, 11) is -2.34. The van der Waals surface area contributed by atoms with E-state index in [1.165, 1.54) is 35.9 Å². The summed E-state index contributed by atoms with van der Waals surface area (Å²) in [5.74, 6) is 0.290. The van der Waals surface area contributed by atoms with Crippen LogP contribution in [0.1, 0.15) is 16.1 Å². The Morgan fingerprint density at radius 3 is 2.54 bits per heavy atom. The van der Waals surface area contributed by atoms with E-state index in [0.717, 1.165) is 0 Å². The van der Waals surface area contributed by atoms with E-state index in [1.54, 1.807) is 17.0 Å². The summed E-state index contributed by atoms with van der Waals surface area (Å²) >= 11 is 0. The van der Waals surface area contributed by atoms with Crippen LogP contribution < -0.4 is 4.74 Å². The molecule has 136 valence electrons. The number of methoxy groups -OCH3 is 1. The van der Waals surface area contributed by atoms with E-state index >= 15 is 0 Å². The van der Waals surface area contributed by atoms with Crippen LogP contribution in [-0.2, 0) is 10.0 Å². The Hall–Kier alpha value is -2.83. The lowest BCUT2D eigenvalue weighted by atomic mass is 10.2. The van der Waals surface area contributed by atoms with Gasteiger partial charge in [0.25, 0.3) is 5.91 Å². The van der Waals surface area contributed by atoms with Crippen LogP contribution in [0.2, 0.25) is 0 Å². The molecule has 0 atom stereocenters. The molecule has 1 aliphatic heterocycles. The fourth-order valence-corrected chi connectivity index (χ4v) is 4.22. The van der Waals surface area contributed by atoms with Gasteiger partial charge in [-0.25, -0.2) is 8.42 Å². The molecule has 0 spiro atoms. The maximum Gasteiger partial charge on any atom is 0.289 e. The molecule has 1 aromatic carbocycles. The smallest absolute Gasteiger partial charge is 0.289 e. The maximum absolute atomic E-state index is 12.8. The largest absolute Gasteiger partial charge is 0.495 e. The molecule has 1 saturated heterocycles. The normalized spacial score (nSPS) is 15.5. The lowest BCUT2D eigenvalue weighted by Crippen LogP contribution is -2.50. The topological polar surface area (TPSA) is 104 Å². The second-order valence-electron chi connectivity index (χ2n) is 5.65. The number of sulfonamides is 1. The monoisotopic (exact) mass is 375 g/mol. The van der Waals surface area contributed by atoms with Crippen LogP contribution in [0.3, 0.4) is 0 Å². The molecule has 8 nitrogen and oxygen atoms in total. The molecule has 2 heterocycles. The van der Waals surface area contributed by atoms with Crippen molar-refractivity contribution >= 4 is 15.9 Å². The van der Waals surface area contributed by atoms with Crippen molar-refractivity contribution in [2.75, 3.05) is 33.3 Å². The SMILES string of the molecule is COc1ccc(S(=O)(=O)N2CCN(C(=O)c3ccco3)CC2)cc1C#N. The first kappa shape index (κ1) is 18.0. The van der Waals surface area contributed by atoms with Gasteiger partial charge in [0.2, 0.25) is 10.0 Å². The minimum Gasteiger partial charge on any atom is -0.495 e. The Morgan fingerprint density at radius 2 is 1.96 bits per heavy atom. The van der Waals surface area contributed by atoms with Gasteiger partial charge in [0.05, 0.1) is 23.8 Å². The summed E-state index contributed by atoms with van der Waals surface area (Å²) in [6.07, 6.45) is 1.42. The molecule has 2 aromatic rings. The van der Waals surface area contributed by atoms with Gasteiger partial charge in [0.15, 0.2) is 5.76 Å². The van der Waals surface area contributed by atoms with Crippen molar-refractivity contribution in [3.63, 3.8) is 0 Å². The standard InChI is InChI=1S/C17H17N3O5S/c1-24-15-5-4-14(11-13(15)12-18)26(22,23)20-8-6-19(7-9-20)17(21)16-3-2-10-25-16/h2-5,10-11H,6-9H2,1H3. The van der Waals surface area contributed by atoms with E-state index < -0.39 is 10.0 Å². The number of carbonyl (C=O) groups excluding carboxylic acids is 1. The Kier molecular flexibility index (Phi) is 4.97. The fraction of sp³-hybridized carbons (Fsp3) is 0.294. The van der Waals surface area contributed by atoms with Crippen molar-refractivity contribution in [2.45, 2.75) is 4.90 Å². The average molecular weight is 375 g/mol. The summed E-state index contributed by atoms with van der Waals surface area (Å²) in [6.45, 7) is 0.867. The van der Waals surface area contributed by atoms with E-state index in [-0.39, 0.29) is 48.3 Å². The third kappa shape index (κ3) is 3.29. The zero-order valence-electron chi connectivity index (χ0n) is 14.1. The number of hydrogen-bond acceptors (Lipinski definition) is 6. The molecule has 0 unspecified atom stereocenters. The number of benzene rings is 1. The van der Waals surface area contributed by atoms with Crippen LogP contribution in [0.5, 0.6) is 5.75 Å². The third-order valence-electron chi connectivity index (χ3n) is 4.19. The van der Waals surface area contributed by atoms with Gasteiger partial charge < -0.3 is 14.1 Å². The Morgan fingerprint density at radius 1 is 1.23 bits per heavy atom. The Bertz CT molecular complexity index is 939. The second kappa shape index (κ2) is 7.19. The number of nitriles is 1. The third-order valence-corrected chi connectivity index (χ3v) is 6.08. The number of ether oxygens (including phenoxy) is 1. The van der Waals surface area contributed by atoms with E-state index in [1.807, 2.05) is 6.07 Å². The lowest BCUT2D eigenvalue weighted by Gasteiger charge is -2.33. The highest BCUT2D eigenvalue weighted by atomic mass is 32.2. The zero-order chi connectivity index (χ0) is 18.7. The first-order valence-corrected chi connectivity index (χ1v) is 9.32. The van der Waals surface area contributed by atoms with Crippen LogP contribution in [0.4, 0.5) is 0 Å². The van der Waals surface area contributed by atoms with Crippen molar-refractivity contribution < 1.29 is 22.4 Å². The summed E-state index contributed by atoms with van der Waals surface area (Å²) in [5, 5.41) is 9.14. The lowest BCUT2D eigenvalue weighted by molar-refractivity contribution is 0.0666. The summed E-state index contributed by atoms with van der Waals surface area (Å²) in [4.78, 5) is 13.8. The predicted molar refractivity (Wildman–Crippen MR) is 91.1 cm³/mol. The molecular formula is C17H17N3O5S. The highest BCUT2D eigenvalue weighted by Crippen LogP contribution is 2.24. The molecule has 1 amide bonds. The van der Waals surface area contributed by atoms with Gasteiger partial charge in [0.1, 0.15) is 11.8 Å². The van der Waals surface area contributed by atoms with Gasteiger partial charge in [-0.15, -0.1) is 0 Å². The van der Waals surface area contributed by atoms with Gasteiger partial charge in [-0.1, -0.05) is 0 Å². The molecule has 9 heteroatoms. The van der Waals surface area contributed by atoms with E-state index in [9.17, 15) is 13.2 Å². The van der Waals surface area contributed by atoms with Gasteiger partial charge >= 0.3 is 0 Å². The minimum absolute atomic E-state index is 0.0284. The maximum atomic E-state index is 12.8. The molecule has 0 saturated carbocycles. The molecule has 1 aromatic heterocycles. The quantitative estimate of drug-likeness (QED) is 0.798. The highest BCUT2D eigenvalue weighted by Gasteiger charge is 2.31. The molecule has 0 N–H and O–H groups in total. The van der Waals surface area contributed by atoms with Crippen LogP contribution in [0.15, 0.2) is 45.9 Å². The molecule has 3 rings (SSSR count). The molecule has 0 aliphatic carbocycles. The number of nitrogens with zero attached hydrogens (tertiary/aromatic N) is 3. The van der Waals surface area contributed by atoms with Gasteiger partial charge in [-0.3, -0.25) is 4.79 Å². The van der Waals surface area contributed by atoms with Gasteiger partial charge in [-0.2, -0.15) is 9.57 Å². The first-order valence-electron chi connectivity index (χ1n) is 7.88. The van der Waals surface area contributed by atoms with E-state index in [0.29, 0.717) is 5.75 Å². The number of hydrogen-bond donors (Lipinski definition) is 0. The summed E-state index contributed by atoms with van der Waals surface area (Å²) in [5.41, 5.74) is 0.153. The van der Waals surface area contributed by atoms with Crippen LogP contribution in [0, 0.1) is 11.3 Å². The van der Waals surface area contributed by atoms with Crippen molar-refractivity contribution in [3.05, 3.63) is 47.9 Å². The number of furan rings is 1. The van der Waals surface area contributed by atoms with Crippen molar-refractivity contribution in [1.29, 1.82) is 5.26 Å². The second-order valence-corrected chi connectivity index (χ2v) is 7.59. The molecule has 0 bridgehead atoms. The highest BCUT2D eigenvalue weighted by molar-refractivity contribution is 7.89. The van der Waals surface area contributed by atoms with Crippen molar-refractivity contribution in [2.24, 2.45) is 0 Å². The van der Waals surface area contributed by atoms with Crippen LogP contribution in [-0.4, -0.2) is 56.8 Å². The van der Waals surface area contributed by atoms with Gasteiger partial charge in [-0.05, 0) is 30.3 Å². The Balaban J connectivity index is 1.74. The van der Waals surface area contributed by atoms with Crippen molar-refractivity contribution in [3.8, 4) is 11.8 Å². The Labute approximate surface area is 151 Å². The fourth-order valence-electron chi connectivity index (χ4n) is 2.77. The van der Waals surface area contributed by atoms with E-state index in [2.05, 4.69) is 0 Å². The first-order chi connectivity index (χ1) is 12.5. The van der Waals surface area contributed by atoms with E-state index in [4.69, 9.17) is 14.4 Å².